The molecule has 0 bridgehead atoms. The summed E-state index contributed by atoms with van der Waals surface area (Å²) >= 11 is 0. The number of halogens is 3. The van der Waals surface area contributed by atoms with E-state index in [-0.39, 0.29) is 12.6 Å². The zero-order chi connectivity index (χ0) is 12.3. The van der Waals surface area contributed by atoms with Crippen LogP contribution in [-0.2, 0) is 0 Å². The molecule has 0 aliphatic carbocycles. The highest BCUT2D eigenvalue weighted by Crippen LogP contribution is 2.22. The van der Waals surface area contributed by atoms with Gasteiger partial charge in [-0.2, -0.15) is 13.2 Å². The lowest BCUT2D eigenvalue weighted by Crippen LogP contribution is -2.25. The van der Waals surface area contributed by atoms with Crippen molar-refractivity contribution in [3.63, 3.8) is 0 Å². The summed E-state index contributed by atoms with van der Waals surface area (Å²) in [5, 5.41) is 6.56. The third-order valence-corrected chi connectivity index (χ3v) is 2.38. The van der Waals surface area contributed by atoms with Crippen molar-refractivity contribution in [3.8, 4) is 0 Å². The van der Waals surface area contributed by atoms with E-state index in [1.165, 1.54) is 0 Å². The first kappa shape index (κ1) is 13.0. The van der Waals surface area contributed by atoms with Gasteiger partial charge in [0.15, 0.2) is 0 Å². The Hall–Kier alpha value is -1.04. The average Bonchev–Trinajstić information content (AvgIpc) is 2.43. The van der Waals surface area contributed by atoms with Gasteiger partial charge in [0.25, 0.3) is 0 Å². The Morgan fingerprint density at radius 2 is 2.00 bits per heavy atom. The molecule has 0 amide bonds. The molecule has 1 aromatic heterocycles. The number of hydrogen-bond acceptors (Lipinski definition) is 3. The van der Waals surface area contributed by atoms with Gasteiger partial charge in [0.05, 0.1) is 12.1 Å². The van der Waals surface area contributed by atoms with Crippen molar-refractivity contribution < 1.29 is 17.7 Å². The van der Waals surface area contributed by atoms with Crippen LogP contribution in [0.2, 0.25) is 0 Å². The summed E-state index contributed by atoms with van der Waals surface area (Å²) in [6, 6.07) is -0.186. The van der Waals surface area contributed by atoms with E-state index in [2.05, 4.69) is 10.5 Å². The average molecular weight is 236 g/mol. The molecule has 1 unspecified atom stereocenters. The van der Waals surface area contributed by atoms with Gasteiger partial charge >= 0.3 is 6.18 Å². The van der Waals surface area contributed by atoms with Crippen molar-refractivity contribution in [2.75, 3.05) is 6.54 Å². The van der Waals surface area contributed by atoms with Crippen LogP contribution in [-0.4, -0.2) is 17.9 Å². The van der Waals surface area contributed by atoms with E-state index in [0.29, 0.717) is 11.5 Å². The van der Waals surface area contributed by atoms with E-state index < -0.39 is 12.6 Å². The number of aromatic nitrogens is 1. The lowest BCUT2D eigenvalue weighted by atomic mass is 10.1. The van der Waals surface area contributed by atoms with Gasteiger partial charge in [-0.3, -0.25) is 0 Å². The largest absolute Gasteiger partial charge is 0.390 e. The van der Waals surface area contributed by atoms with Crippen molar-refractivity contribution in [1.82, 2.24) is 10.5 Å². The van der Waals surface area contributed by atoms with Crippen molar-refractivity contribution >= 4 is 0 Å². The molecule has 0 spiro atoms. The SMILES string of the molecule is Cc1noc(C)c1C(C)NCCC(F)(F)F. The van der Waals surface area contributed by atoms with E-state index in [0.717, 1.165) is 5.56 Å². The highest BCUT2D eigenvalue weighted by molar-refractivity contribution is 5.24. The van der Waals surface area contributed by atoms with Crippen LogP contribution in [0.15, 0.2) is 4.52 Å². The maximum absolute atomic E-state index is 11.9. The van der Waals surface area contributed by atoms with Crippen molar-refractivity contribution in [3.05, 3.63) is 17.0 Å². The normalized spacial score (nSPS) is 14.1. The standard InChI is InChI=1S/C10H15F3N2O/c1-6(14-5-4-10(11,12)13)9-7(2)15-16-8(9)3/h6,14H,4-5H2,1-3H3. The first-order valence-corrected chi connectivity index (χ1v) is 5.04. The summed E-state index contributed by atoms with van der Waals surface area (Å²) in [6.07, 6.45) is -4.95. The molecule has 1 atom stereocenters. The van der Waals surface area contributed by atoms with Crippen LogP contribution in [0.25, 0.3) is 0 Å². The van der Waals surface area contributed by atoms with Gasteiger partial charge in [-0.05, 0) is 20.8 Å². The van der Waals surface area contributed by atoms with Gasteiger partial charge in [0.1, 0.15) is 5.76 Å². The second-order valence-corrected chi connectivity index (χ2v) is 3.78. The molecule has 3 nitrogen and oxygen atoms in total. The smallest absolute Gasteiger partial charge is 0.361 e. The first-order chi connectivity index (χ1) is 7.31. The van der Waals surface area contributed by atoms with Gasteiger partial charge in [0, 0.05) is 18.2 Å². The molecule has 0 aliphatic heterocycles. The summed E-state index contributed by atoms with van der Waals surface area (Å²) in [5.41, 5.74) is 1.55. The summed E-state index contributed by atoms with van der Waals surface area (Å²) in [7, 11) is 0. The fraction of sp³-hybridized carbons (Fsp3) is 0.700. The topological polar surface area (TPSA) is 38.1 Å². The van der Waals surface area contributed by atoms with Crippen LogP contribution in [0, 0.1) is 13.8 Å². The number of nitrogens with zero attached hydrogens (tertiary/aromatic N) is 1. The fourth-order valence-corrected chi connectivity index (χ4v) is 1.64. The van der Waals surface area contributed by atoms with Crippen LogP contribution < -0.4 is 5.32 Å². The molecule has 0 saturated carbocycles. The van der Waals surface area contributed by atoms with E-state index in [9.17, 15) is 13.2 Å². The number of nitrogens with one attached hydrogen (secondary N) is 1. The lowest BCUT2D eigenvalue weighted by Gasteiger charge is -2.14. The third kappa shape index (κ3) is 3.52. The quantitative estimate of drug-likeness (QED) is 0.873. The van der Waals surface area contributed by atoms with Crippen LogP contribution in [0.3, 0.4) is 0 Å². The Morgan fingerprint density at radius 1 is 1.38 bits per heavy atom. The lowest BCUT2D eigenvalue weighted by molar-refractivity contribution is -0.133. The minimum absolute atomic E-state index is 0.102. The summed E-state index contributed by atoms with van der Waals surface area (Å²) < 4.78 is 40.8. The molecule has 0 aromatic carbocycles. The number of alkyl halides is 3. The second kappa shape index (κ2) is 4.86. The highest BCUT2D eigenvalue weighted by atomic mass is 19.4. The first-order valence-electron chi connectivity index (χ1n) is 5.04. The van der Waals surface area contributed by atoms with Gasteiger partial charge in [-0.15, -0.1) is 0 Å². The molecular formula is C10H15F3N2O. The van der Waals surface area contributed by atoms with E-state index >= 15 is 0 Å². The van der Waals surface area contributed by atoms with Crippen LogP contribution in [0.5, 0.6) is 0 Å². The third-order valence-electron chi connectivity index (χ3n) is 2.38. The van der Waals surface area contributed by atoms with Crippen molar-refractivity contribution in [2.24, 2.45) is 0 Å². The predicted molar refractivity (Wildman–Crippen MR) is 53.1 cm³/mol. The highest BCUT2D eigenvalue weighted by Gasteiger charge is 2.27. The zero-order valence-corrected chi connectivity index (χ0v) is 9.48. The van der Waals surface area contributed by atoms with Crippen LogP contribution in [0.4, 0.5) is 13.2 Å². The number of hydrogen-bond donors (Lipinski definition) is 1. The molecule has 92 valence electrons. The molecule has 0 radical (unpaired) electrons. The van der Waals surface area contributed by atoms with Crippen molar-refractivity contribution in [1.29, 1.82) is 0 Å². The van der Waals surface area contributed by atoms with Gasteiger partial charge in [0.2, 0.25) is 0 Å². The zero-order valence-electron chi connectivity index (χ0n) is 9.48. The molecule has 0 fully saturated rings. The molecule has 1 heterocycles. The Morgan fingerprint density at radius 3 is 2.44 bits per heavy atom. The molecule has 0 saturated heterocycles. The van der Waals surface area contributed by atoms with Crippen LogP contribution >= 0.6 is 0 Å². The minimum Gasteiger partial charge on any atom is -0.361 e. The molecule has 16 heavy (non-hydrogen) atoms. The van der Waals surface area contributed by atoms with Crippen LogP contribution in [0.1, 0.15) is 36.4 Å². The number of aryl methyl sites for hydroxylation is 2. The van der Waals surface area contributed by atoms with E-state index in [1.807, 2.05) is 0 Å². The van der Waals surface area contributed by atoms with Gasteiger partial charge < -0.3 is 9.84 Å². The second-order valence-electron chi connectivity index (χ2n) is 3.78. The molecule has 1 N–H and O–H groups in total. The summed E-state index contributed by atoms with van der Waals surface area (Å²) in [4.78, 5) is 0. The maximum Gasteiger partial charge on any atom is 0.390 e. The Labute approximate surface area is 92.0 Å². The Kier molecular flexibility index (Phi) is 3.96. The van der Waals surface area contributed by atoms with Gasteiger partial charge in [-0.25, -0.2) is 0 Å². The van der Waals surface area contributed by atoms with E-state index in [1.54, 1.807) is 20.8 Å². The van der Waals surface area contributed by atoms with Crippen molar-refractivity contribution in [2.45, 2.75) is 39.4 Å². The maximum atomic E-state index is 11.9. The summed E-state index contributed by atoms with van der Waals surface area (Å²) in [5.74, 6) is 0.643. The predicted octanol–water partition coefficient (Wildman–Crippen LogP) is 2.89. The molecule has 6 heteroatoms. The van der Waals surface area contributed by atoms with E-state index in [4.69, 9.17) is 4.52 Å². The number of rotatable bonds is 4. The molecule has 1 aromatic rings. The van der Waals surface area contributed by atoms with Gasteiger partial charge in [-0.1, -0.05) is 5.16 Å². The Balaban J connectivity index is 2.50. The molecule has 0 aliphatic rings. The molecule has 1 rings (SSSR count). The minimum atomic E-state index is -4.12. The fourth-order valence-electron chi connectivity index (χ4n) is 1.64. The monoisotopic (exact) mass is 236 g/mol. The summed E-state index contributed by atoms with van der Waals surface area (Å²) in [6.45, 7) is 5.21. The Bertz CT molecular complexity index is 327. The molecular weight excluding hydrogens is 221 g/mol.